The summed E-state index contributed by atoms with van der Waals surface area (Å²) in [5.41, 5.74) is -0.443. The molecular formula is C12H21NO2. The van der Waals surface area contributed by atoms with E-state index in [2.05, 4.69) is 4.99 Å². The number of rotatable bonds is 1. The second-order valence-electron chi connectivity index (χ2n) is 5.16. The molecular weight excluding hydrogens is 190 g/mol. The van der Waals surface area contributed by atoms with Gasteiger partial charge in [-0.1, -0.05) is 19.3 Å². The van der Waals surface area contributed by atoms with Crippen molar-refractivity contribution < 1.29 is 9.53 Å². The van der Waals surface area contributed by atoms with Gasteiger partial charge in [0.15, 0.2) is 0 Å². The molecule has 0 aliphatic heterocycles. The van der Waals surface area contributed by atoms with Crippen molar-refractivity contribution in [3.8, 4) is 0 Å². The molecule has 0 unspecified atom stereocenters. The van der Waals surface area contributed by atoms with Gasteiger partial charge in [0.25, 0.3) is 0 Å². The molecule has 1 rings (SSSR count). The molecule has 0 spiro atoms. The average molecular weight is 211 g/mol. The van der Waals surface area contributed by atoms with Gasteiger partial charge in [0, 0.05) is 6.21 Å². The maximum absolute atomic E-state index is 11.3. The van der Waals surface area contributed by atoms with E-state index in [1.807, 2.05) is 20.8 Å². The summed E-state index contributed by atoms with van der Waals surface area (Å²) < 4.78 is 5.09. The fourth-order valence-electron chi connectivity index (χ4n) is 1.74. The first-order chi connectivity index (χ1) is 6.97. The van der Waals surface area contributed by atoms with E-state index < -0.39 is 11.7 Å². The highest BCUT2D eigenvalue weighted by molar-refractivity contribution is 5.80. The van der Waals surface area contributed by atoms with Gasteiger partial charge in [0.05, 0.1) is 0 Å². The Labute approximate surface area is 91.9 Å². The van der Waals surface area contributed by atoms with Crippen LogP contribution in [0.4, 0.5) is 4.79 Å². The molecule has 1 fully saturated rings. The Hall–Kier alpha value is -0.860. The SMILES string of the molecule is CC(C)(C)OC(=O)/N=C\C1CCCCC1. The zero-order valence-corrected chi connectivity index (χ0v) is 9.95. The molecule has 15 heavy (non-hydrogen) atoms. The van der Waals surface area contributed by atoms with Gasteiger partial charge in [-0.2, -0.15) is 4.99 Å². The van der Waals surface area contributed by atoms with Crippen molar-refractivity contribution in [1.29, 1.82) is 0 Å². The van der Waals surface area contributed by atoms with E-state index in [1.165, 1.54) is 19.3 Å². The highest BCUT2D eigenvalue weighted by Crippen LogP contribution is 2.22. The molecule has 1 saturated carbocycles. The summed E-state index contributed by atoms with van der Waals surface area (Å²) in [5, 5.41) is 0. The quantitative estimate of drug-likeness (QED) is 0.622. The predicted octanol–water partition coefficient (Wildman–Crippen LogP) is 3.57. The van der Waals surface area contributed by atoms with Crippen LogP contribution in [0.5, 0.6) is 0 Å². The Balaban J connectivity index is 2.33. The minimum absolute atomic E-state index is 0.443. The van der Waals surface area contributed by atoms with E-state index in [0.717, 1.165) is 12.8 Å². The Kier molecular flexibility index (Phi) is 4.30. The fraction of sp³-hybridized carbons (Fsp3) is 0.833. The number of ether oxygens (including phenoxy) is 1. The second kappa shape index (κ2) is 5.29. The lowest BCUT2D eigenvalue weighted by molar-refractivity contribution is 0.0604. The third-order valence-corrected chi connectivity index (χ3v) is 2.43. The largest absolute Gasteiger partial charge is 0.442 e. The predicted molar refractivity (Wildman–Crippen MR) is 61.3 cm³/mol. The zero-order valence-electron chi connectivity index (χ0n) is 9.95. The second-order valence-corrected chi connectivity index (χ2v) is 5.16. The summed E-state index contributed by atoms with van der Waals surface area (Å²) in [6, 6.07) is 0. The van der Waals surface area contributed by atoms with Crippen molar-refractivity contribution in [3.05, 3.63) is 0 Å². The molecule has 0 saturated heterocycles. The van der Waals surface area contributed by atoms with E-state index >= 15 is 0 Å². The lowest BCUT2D eigenvalue weighted by Crippen LogP contribution is -2.22. The van der Waals surface area contributed by atoms with Gasteiger partial charge in [0.2, 0.25) is 0 Å². The van der Waals surface area contributed by atoms with Gasteiger partial charge < -0.3 is 4.74 Å². The van der Waals surface area contributed by atoms with Crippen molar-refractivity contribution in [2.24, 2.45) is 10.9 Å². The fourth-order valence-corrected chi connectivity index (χ4v) is 1.74. The number of hydrogen-bond donors (Lipinski definition) is 0. The van der Waals surface area contributed by atoms with Gasteiger partial charge in [0.1, 0.15) is 5.60 Å². The standard InChI is InChI=1S/C12H21NO2/c1-12(2,3)15-11(14)13-9-10-7-5-4-6-8-10/h9-10H,4-8H2,1-3H3/b13-9-. The molecule has 1 amide bonds. The number of nitrogens with zero attached hydrogens (tertiary/aromatic N) is 1. The lowest BCUT2D eigenvalue weighted by atomic mass is 9.90. The Morgan fingerprint density at radius 1 is 1.27 bits per heavy atom. The molecule has 0 aromatic rings. The number of aliphatic imine (C=N–C) groups is 1. The van der Waals surface area contributed by atoms with E-state index in [9.17, 15) is 4.79 Å². The van der Waals surface area contributed by atoms with Crippen molar-refractivity contribution in [1.82, 2.24) is 0 Å². The van der Waals surface area contributed by atoms with Gasteiger partial charge >= 0.3 is 6.09 Å². The Morgan fingerprint density at radius 2 is 1.87 bits per heavy atom. The van der Waals surface area contributed by atoms with E-state index in [4.69, 9.17) is 4.74 Å². The first-order valence-corrected chi connectivity index (χ1v) is 5.74. The zero-order chi connectivity index (χ0) is 11.3. The highest BCUT2D eigenvalue weighted by Gasteiger charge is 2.16. The van der Waals surface area contributed by atoms with Crippen LogP contribution in [0.3, 0.4) is 0 Å². The molecule has 0 bridgehead atoms. The van der Waals surface area contributed by atoms with Crippen molar-refractivity contribution >= 4 is 12.3 Å². The molecule has 3 nitrogen and oxygen atoms in total. The summed E-state index contributed by atoms with van der Waals surface area (Å²) in [5.74, 6) is 0.478. The topological polar surface area (TPSA) is 38.7 Å². The molecule has 0 radical (unpaired) electrons. The molecule has 1 aliphatic rings. The summed E-state index contributed by atoms with van der Waals surface area (Å²) in [7, 11) is 0. The maximum Gasteiger partial charge on any atom is 0.433 e. The van der Waals surface area contributed by atoms with Crippen LogP contribution in [0, 0.1) is 5.92 Å². The third kappa shape index (κ3) is 5.55. The van der Waals surface area contributed by atoms with Crippen LogP contribution in [0.25, 0.3) is 0 Å². The van der Waals surface area contributed by atoms with Crippen molar-refractivity contribution in [2.75, 3.05) is 0 Å². The van der Waals surface area contributed by atoms with E-state index in [1.54, 1.807) is 6.21 Å². The summed E-state index contributed by atoms with van der Waals surface area (Å²) >= 11 is 0. The molecule has 0 aromatic heterocycles. The Bertz CT molecular complexity index is 234. The molecule has 0 atom stereocenters. The highest BCUT2D eigenvalue weighted by atomic mass is 16.6. The first-order valence-electron chi connectivity index (χ1n) is 5.74. The Morgan fingerprint density at radius 3 is 2.40 bits per heavy atom. The minimum Gasteiger partial charge on any atom is -0.442 e. The summed E-state index contributed by atoms with van der Waals surface area (Å²) in [4.78, 5) is 15.1. The van der Waals surface area contributed by atoms with Crippen LogP contribution in [0.2, 0.25) is 0 Å². The van der Waals surface area contributed by atoms with Gasteiger partial charge in [-0.05, 0) is 39.5 Å². The van der Waals surface area contributed by atoms with Crippen molar-refractivity contribution in [2.45, 2.75) is 58.5 Å². The number of carbonyl (C=O) groups is 1. The maximum atomic E-state index is 11.3. The molecule has 86 valence electrons. The molecule has 0 heterocycles. The molecule has 0 aromatic carbocycles. The average Bonchev–Trinajstić information content (AvgIpc) is 2.14. The summed E-state index contributed by atoms with van der Waals surface area (Å²) in [6.45, 7) is 5.54. The van der Waals surface area contributed by atoms with Crippen LogP contribution >= 0.6 is 0 Å². The lowest BCUT2D eigenvalue weighted by Gasteiger charge is -2.19. The van der Waals surface area contributed by atoms with Crippen LogP contribution in [-0.2, 0) is 4.74 Å². The number of hydrogen-bond acceptors (Lipinski definition) is 2. The summed E-state index contributed by atoms with van der Waals surface area (Å²) in [6.07, 6.45) is 7.45. The smallest absolute Gasteiger partial charge is 0.433 e. The normalized spacial score (nSPS) is 19.4. The van der Waals surface area contributed by atoms with E-state index in [0.29, 0.717) is 5.92 Å². The molecule has 0 N–H and O–H groups in total. The monoisotopic (exact) mass is 211 g/mol. The van der Waals surface area contributed by atoms with Crippen LogP contribution < -0.4 is 0 Å². The minimum atomic E-state index is -0.465. The van der Waals surface area contributed by atoms with Gasteiger partial charge in [-0.3, -0.25) is 0 Å². The van der Waals surface area contributed by atoms with Gasteiger partial charge in [-0.25, -0.2) is 4.79 Å². The first kappa shape index (κ1) is 12.2. The molecule has 3 heteroatoms. The van der Waals surface area contributed by atoms with E-state index in [-0.39, 0.29) is 0 Å². The number of carbonyl (C=O) groups excluding carboxylic acids is 1. The third-order valence-electron chi connectivity index (χ3n) is 2.43. The van der Waals surface area contributed by atoms with Crippen LogP contribution in [0.15, 0.2) is 4.99 Å². The van der Waals surface area contributed by atoms with Gasteiger partial charge in [-0.15, -0.1) is 0 Å². The number of amides is 1. The van der Waals surface area contributed by atoms with Crippen molar-refractivity contribution in [3.63, 3.8) is 0 Å². The van der Waals surface area contributed by atoms with Crippen LogP contribution in [0.1, 0.15) is 52.9 Å². The molecule has 1 aliphatic carbocycles. The van der Waals surface area contributed by atoms with Crippen LogP contribution in [-0.4, -0.2) is 17.9 Å².